The molecular formula is C13H12N2O3. The monoisotopic (exact) mass is 244 g/mol. The summed E-state index contributed by atoms with van der Waals surface area (Å²) in [6.07, 6.45) is 2.85. The zero-order valence-electron chi connectivity index (χ0n) is 9.77. The number of methoxy groups -OCH3 is 1. The molecule has 2 aromatic rings. The van der Waals surface area contributed by atoms with E-state index in [4.69, 9.17) is 4.74 Å². The predicted octanol–water partition coefficient (Wildman–Crippen LogP) is 1.64. The van der Waals surface area contributed by atoms with E-state index in [0.717, 1.165) is 0 Å². The molecule has 0 saturated carbocycles. The summed E-state index contributed by atoms with van der Waals surface area (Å²) in [5.41, 5.74) is 0.317. The molecule has 1 aromatic carbocycles. The molecule has 92 valence electrons. The van der Waals surface area contributed by atoms with Crippen LogP contribution in [0.4, 0.5) is 5.69 Å². The smallest absolute Gasteiger partial charge is 0.261 e. The molecule has 0 spiro atoms. The fraction of sp³-hybridized carbons (Fsp3) is 0.0769. The first-order valence-corrected chi connectivity index (χ1v) is 5.33. The zero-order chi connectivity index (χ0) is 13.0. The van der Waals surface area contributed by atoms with Crippen molar-refractivity contribution in [1.29, 1.82) is 0 Å². The van der Waals surface area contributed by atoms with Crippen molar-refractivity contribution in [3.8, 4) is 5.75 Å². The Balaban J connectivity index is 2.21. The number of nitrogens with one attached hydrogen (secondary N) is 2. The van der Waals surface area contributed by atoms with Crippen LogP contribution < -0.4 is 15.5 Å². The van der Waals surface area contributed by atoms with E-state index in [1.807, 2.05) is 0 Å². The summed E-state index contributed by atoms with van der Waals surface area (Å²) in [5, 5.41) is 2.63. The molecule has 0 radical (unpaired) electrons. The maximum atomic E-state index is 11.9. The zero-order valence-corrected chi connectivity index (χ0v) is 9.77. The number of carbonyl (C=O) groups excluding carboxylic acids is 1. The Kier molecular flexibility index (Phi) is 3.43. The van der Waals surface area contributed by atoms with Gasteiger partial charge in [0.25, 0.3) is 5.91 Å². The standard InChI is InChI=1S/C13H12N2O3/c1-18-10-4-2-3-9(7-10)15-13(17)11-8-14-6-5-12(11)16/h2-8H,1H3,(H,14,16)(H,15,17). The van der Waals surface area contributed by atoms with Crippen LogP contribution in [0.3, 0.4) is 0 Å². The van der Waals surface area contributed by atoms with Crippen LogP contribution >= 0.6 is 0 Å². The third-order valence-corrected chi connectivity index (χ3v) is 2.40. The van der Waals surface area contributed by atoms with E-state index in [2.05, 4.69) is 10.3 Å². The van der Waals surface area contributed by atoms with Gasteiger partial charge in [-0.25, -0.2) is 0 Å². The van der Waals surface area contributed by atoms with E-state index < -0.39 is 5.91 Å². The molecule has 0 fully saturated rings. The van der Waals surface area contributed by atoms with Gasteiger partial charge in [0.05, 0.1) is 7.11 Å². The fourth-order valence-corrected chi connectivity index (χ4v) is 1.49. The second kappa shape index (κ2) is 5.18. The van der Waals surface area contributed by atoms with E-state index in [-0.39, 0.29) is 11.0 Å². The van der Waals surface area contributed by atoms with E-state index in [1.165, 1.54) is 18.5 Å². The minimum Gasteiger partial charge on any atom is -0.497 e. The second-order valence-electron chi connectivity index (χ2n) is 3.61. The number of anilines is 1. The highest BCUT2D eigenvalue weighted by molar-refractivity contribution is 6.04. The highest BCUT2D eigenvalue weighted by Crippen LogP contribution is 2.16. The van der Waals surface area contributed by atoms with Gasteiger partial charge in [0.15, 0.2) is 5.43 Å². The van der Waals surface area contributed by atoms with Crippen molar-refractivity contribution in [3.63, 3.8) is 0 Å². The molecule has 0 aliphatic rings. The van der Waals surface area contributed by atoms with Crippen LogP contribution in [0.5, 0.6) is 5.75 Å². The van der Waals surface area contributed by atoms with Crippen molar-refractivity contribution in [1.82, 2.24) is 4.98 Å². The van der Waals surface area contributed by atoms with Gasteiger partial charge in [-0.1, -0.05) is 6.07 Å². The largest absolute Gasteiger partial charge is 0.497 e. The topological polar surface area (TPSA) is 71.2 Å². The molecule has 0 saturated heterocycles. The summed E-state index contributed by atoms with van der Waals surface area (Å²) in [6, 6.07) is 8.22. The number of ether oxygens (including phenoxy) is 1. The summed E-state index contributed by atoms with van der Waals surface area (Å²) in [4.78, 5) is 26.0. The summed E-state index contributed by atoms with van der Waals surface area (Å²) >= 11 is 0. The van der Waals surface area contributed by atoms with Gasteiger partial charge >= 0.3 is 0 Å². The van der Waals surface area contributed by atoms with Crippen LogP contribution in [0, 0.1) is 0 Å². The number of hydrogen-bond donors (Lipinski definition) is 2. The Hall–Kier alpha value is -2.56. The molecule has 0 bridgehead atoms. The fourth-order valence-electron chi connectivity index (χ4n) is 1.49. The lowest BCUT2D eigenvalue weighted by Gasteiger charge is -2.06. The minimum atomic E-state index is -0.454. The Labute approximate surface area is 103 Å². The van der Waals surface area contributed by atoms with Crippen LogP contribution in [0.1, 0.15) is 10.4 Å². The molecule has 2 N–H and O–H groups in total. The lowest BCUT2D eigenvalue weighted by Crippen LogP contribution is -2.20. The molecular weight excluding hydrogens is 232 g/mol. The van der Waals surface area contributed by atoms with Crippen molar-refractivity contribution in [3.05, 3.63) is 58.5 Å². The van der Waals surface area contributed by atoms with Crippen molar-refractivity contribution >= 4 is 11.6 Å². The van der Waals surface area contributed by atoms with Crippen LogP contribution in [-0.4, -0.2) is 18.0 Å². The number of amides is 1. The Morgan fingerprint density at radius 2 is 2.17 bits per heavy atom. The number of hydrogen-bond acceptors (Lipinski definition) is 3. The molecule has 0 aliphatic heterocycles. The first kappa shape index (κ1) is 11.9. The van der Waals surface area contributed by atoms with Gasteiger partial charge in [-0.15, -0.1) is 0 Å². The van der Waals surface area contributed by atoms with E-state index in [1.54, 1.807) is 31.4 Å². The van der Waals surface area contributed by atoms with Crippen LogP contribution in [0.25, 0.3) is 0 Å². The third kappa shape index (κ3) is 2.57. The van der Waals surface area contributed by atoms with Gasteiger partial charge < -0.3 is 15.0 Å². The molecule has 1 amide bonds. The molecule has 0 atom stereocenters. The molecule has 1 heterocycles. The lowest BCUT2D eigenvalue weighted by molar-refractivity contribution is 0.102. The number of H-pyrrole nitrogens is 1. The highest BCUT2D eigenvalue weighted by Gasteiger charge is 2.09. The van der Waals surface area contributed by atoms with Crippen LogP contribution in [0.2, 0.25) is 0 Å². The van der Waals surface area contributed by atoms with Crippen LogP contribution in [0.15, 0.2) is 47.5 Å². The molecule has 1 aromatic heterocycles. The Morgan fingerprint density at radius 3 is 2.89 bits per heavy atom. The number of aromatic nitrogens is 1. The molecule has 2 rings (SSSR count). The van der Waals surface area contributed by atoms with Crippen molar-refractivity contribution in [2.75, 3.05) is 12.4 Å². The first-order valence-electron chi connectivity index (χ1n) is 5.33. The van der Waals surface area contributed by atoms with Crippen molar-refractivity contribution in [2.24, 2.45) is 0 Å². The van der Waals surface area contributed by atoms with Gasteiger partial charge in [0.2, 0.25) is 0 Å². The normalized spacial score (nSPS) is 9.83. The van der Waals surface area contributed by atoms with E-state index >= 15 is 0 Å². The maximum Gasteiger partial charge on any atom is 0.261 e. The Morgan fingerprint density at radius 1 is 1.33 bits per heavy atom. The SMILES string of the molecule is COc1cccc(NC(=O)c2c[nH]ccc2=O)c1. The number of aromatic amines is 1. The van der Waals surface area contributed by atoms with Gasteiger partial charge in [-0.3, -0.25) is 9.59 Å². The molecule has 0 aliphatic carbocycles. The van der Waals surface area contributed by atoms with Gasteiger partial charge in [0.1, 0.15) is 11.3 Å². The molecule has 18 heavy (non-hydrogen) atoms. The van der Waals surface area contributed by atoms with Crippen LogP contribution in [-0.2, 0) is 0 Å². The average molecular weight is 244 g/mol. The maximum absolute atomic E-state index is 11.9. The summed E-state index contributed by atoms with van der Waals surface area (Å²) in [6.45, 7) is 0. The van der Waals surface area contributed by atoms with Crippen molar-refractivity contribution < 1.29 is 9.53 Å². The Bertz CT molecular complexity index is 619. The quantitative estimate of drug-likeness (QED) is 0.862. The number of pyridine rings is 1. The van der Waals surface area contributed by atoms with Gasteiger partial charge in [-0.2, -0.15) is 0 Å². The highest BCUT2D eigenvalue weighted by atomic mass is 16.5. The van der Waals surface area contributed by atoms with Gasteiger partial charge in [0, 0.05) is 30.2 Å². The molecule has 5 nitrogen and oxygen atoms in total. The first-order chi connectivity index (χ1) is 8.70. The summed E-state index contributed by atoms with van der Waals surface area (Å²) in [7, 11) is 1.54. The molecule has 5 heteroatoms. The summed E-state index contributed by atoms with van der Waals surface area (Å²) < 4.78 is 5.05. The second-order valence-corrected chi connectivity index (χ2v) is 3.61. The lowest BCUT2D eigenvalue weighted by atomic mass is 10.2. The number of carbonyl (C=O) groups is 1. The van der Waals surface area contributed by atoms with E-state index in [0.29, 0.717) is 11.4 Å². The average Bonchev–Trinajstić information content (AvgIpc) is 2.39. The number of rotatable bonds is 3. The third-order valence-electron chi connectivity index (χ3n) is 2.40. The molecule has 0 unspecified atom stereocenters. The van der Waals surface area contributed by atoms with Gasteiger partial charge in [-0.05, 0) is 12.1 Å². The predicted molar refractivity (Wildman–Crippen MR) is 68.0 cm³/mol. The van der Waals surface area contributed by atoms with Crippen molar-refractivity contribution in [2.45, 2.75) is 0 Å². The van der Waals surface area contributed by atoms with E-state index in [9.17, 15) is 9.59 Å². The summed E-state index contributed by atoms with van der Waals surface area (Å²) in [5.74, 6) is 0.180. The minimum absolute atomic E-state index is 0.0697. The number of benzene rings is 1.